The number of rotatable bonds is 7. The van der Waals surface area contributed by atoms with Gasteiger partial charge in [0, 0.05) is 49.1 Å². The first-order valence-corrected chi connectivity index (χ1v) is 12.3. The zero-order valence-electron chi connectivity index (χ0n) is 18.6. The van der Waals surface area contributed by atoms with Crippen LogP contribution in [0.1, 0.15) is 76.0 Å². The normalized spacial score (nSPS) is 28.7. The molecule has 0 amide bonds. The summed E-state index contributed by atoms with van der Waals surface area (Å²) < 4.78 is 8.60. The Kier molecular flexibility index (Phi) is 5.74. The molecule has 2 aliphatic heterocycles. The second kappa shape index (κ2) is 8.32. The van der Waals surface area contributed by atoms with Gasteiger partial charge in [-0.05, 0) is 71.4 Å². The Bertz CT molecular complexity index is 683. The molecule has 0 bridgehead atoms. The minimum Gasteiger partial charge on any atom is -0.375 e. The summed E-state index contributed by atoms with van der Waals surface area (Å²) >= 11 is 0. The van der Waals surface area contributed by atoms with Gasteiger partial charge >= 0.3 is 0 Å². The number of aryl methyl sites for hydroxylation is 1. The van der Waals surface area contributed by atoms with Gasteiger partial charge < -0.3 is 4.74 Å². The van der Waals surface area contributed by atoms with Crippen LogP contribution in [0, 0.1) is 12.8 Å². The lowest BCUT2D eigenvalue weighted by atomic mass is 9.69. The maximum absolute atomic E-state index is 6.48. The zero-order valence-corrected chi connectivity index (χ0v) is 18.6. The molecule has 3 heterocycles. The van der Waals surface area contributed by atoms with Crippen molar-refractivity contribution in [1.29, 1.82) is 0 Å². The lowest BCUT2D eigenvalue weighted by molar-refractivity contribution is -0.203. The highest BCUT2D eigenvalue weighted by Gasteiger charge is 2.56. The summed E-state index contributed by atoms with van der Waals surface area (Å²) in [7, 11) is 0. The third kappa shape index (κ3) is 3.90. The van der Waals surface area contributed by atoms with Crippen LogP contribution in [0.25, 0.3) is 0 Å². The van der Waals surface area contributed by atoms with Gasteiger partial charge in [0.25, 0.3) is 0 Å². The molecule has 2 saturated carbocycles. The van der Waals surface area contributed by atoms with Gasteiger partial charge in [0.15, 0.2) is 0 Å². The average molecular weight is 401 g/mol. The Hall–Kier alpha value is -0.910. The fourth-order valence-electron chi connectivity index (χ4n) is 6.22. The van der Waals surface area contributed by atoms with Crippen LogP contribution < -0.4 is 0 Å². The Morgan fingerprint density at radius 2 is 1.86 bits per heavy atom. The molecule has 0 radical (unpaired) electrons. The number of aromatic nitrogens is 2. The van der Waals surface area contributed by atoms with Crippen molar-refractivity contribution in [2.24, 2.45) is 5.92 Å². The molecule has 4 fully saturated rings. The van der Waals surface area contributed by atoms with E-state index in [0.29, 0.717) is 11.6 Å². The van der Waals surface area contributed by atoms with Crippen molar-refractivity contribution in [2.75, 3.05) is 26.2 Å². The van der Waals surface area contributed by atoms with E-state index in [0.717, 1.165) is 31.7 Å². The van der Waals surface area contributed by atoms with E-state index in [1.54, 1.807) is 0 Å². The maximum atomic E-state index is 6.48. The molecule has 1 unspecified atom stereocenters. The smallest absolute Gasteiger partial charge is 0.0885 e. The third-order valence-electron chi connectivity index (χ3n) is 8.38. The number of hydrogen-bond acceptors (Lipinski definition) is 4. The number of nitrogens with zero attached hydrogens (tertiary/aromatic N) is 4. The predicted molar refractivity (Wildman–Crippen MR) is 116 cm³/mol. The molecule has 0 aromatic carbocycles. The van der Waals surface area contributed by atoms with Gasteiger partial charge in [-0.1, -0.05) is 19.3 Å². The van der Waals surface area contributed by atoms with Crippen molar-refractivity contribution in [2.45, 2.75) is 102 Å². The highest BCUT2D eigenvalue weighted by molar-refractivity contribution is 5.16. The van der Waals surface area contributed by atoms with Crippen LogP contribution in [0.3, 0.4) is 0 Å². The molecule has 1 atom stereocenters. The molecule has 29 heavy (non-hydrogen) atoms. The molecule has 162 valence electrons. The number of ether oxygens (including phenoxy) is 1. The van der Waals surface area contributed by atoms with Crippen molar-refractivity contribution >= 4 is 0 Å². The largest absolute Gasteiger partial charge is 0.375 e. The summed E-state index contributed by atoms with van der Waals surface area (Å²) in [6, 6.07) is 0.768. The minimum atomic E-state index is 0.388. The first kappa shape index (κ1) is 20.0. The van der Waals surface area contributed by atoms with Crippen LogP contribution in [0.4, 0.5) is 0 Å². The van der Waals surface area contributed by atoms with Gasteiger partial charge in [0.05, 0.1) is 12.3 Å². The topological polar surface area (TPSA) is 33.5 Å². The Morgan fingerprint density at radius 3 is 2.52 bits per heavy atom. The molecule has 5 nitrogen and oxygen atoms in total. The van der Waals surface area contributed by atoms with E-state index in [1.165, 1.54) is 88.7 Å². The molecule has 1 aromatic heterocycles. The SMILES string of the molecule is CCn1ncc(CN2CCC(N3CC(OCC4CC4)C34CCCCC4)CC2)c1C. The van der Waals surface area contributed by atoms with E-state index in [1.807, 2.05) is 0 Å². The van der Waals surface area contributed by atoms with Crippen LogP contribution in [0.5, 0.6) is 0 Å². The summed E-state index contributed by atoms with van der Waals surface area (Å²) in [5.74, 6) is 0.883. The first-order valence-electron chi connectivity index (χ1n) is 12.3. The second-order valence-electron chi connectivity index (χ2n) is 10.2. The lowest BCUT2D eigenvalue weighted by Gasteiger charge is -2.63. The Balaban J connectivity index is 1.17. The fraction of sp³-hybridized carbons (Fsp3) is 0.875. The van der Waals surface area contributed by atoms with Crippen molar-refractivity contribution in [3.63, 3.8) is 0 Å². The molecule has 2 saturated heterocycles. The van der Waals surface area contributed by atoms with Gasteiger partial charge in [-0.2, -0.15) is 5.10 Å². The zero-order chi connectivity index (χ0) is 19.8. The van der Waals surface area contributed by atoms with E-state index < -0.39 is 0 Å². The summed E-state index contributed by atoms with van der Waals surface area (Å²) in [5.41, 5.74) is 3.14. The van der Waals surface area contributed by atoms with Crippen LogP contribution in [0.2, 0.25) is 0 Å². The van der Waals surface area contributed by atoms with E-state index in [2.05, 4.69) is 39.6 Å². The molecule has 5 rings (SSSR count). The number of piperidine rings is 1. The predicted octanol–water partition coefficient (Wildman–Crippen LogP) is 3.99. The lowest BCUT2D eigenvalue weighted by Crippen LogP contribution is -2.75. The average Bonchev–Trinajstić information content (AvgIpc) is 3.52. The molecule has 0 N–H and O–H groups in total. The third-order valence-corrected chi connectivity index (χ3v) is 8.38. The van der Waals surface area contributed by atoms with Crippen LogP contribution in [0.15, 0.2) is 6.20 Å². The molecule has 5 heteroatoms. The number of likely N-dealkylation sites (tertiary alicyclic amines) is 2. The molecule has 1 aromatic rings. The van der Waals surface area contributed by atoms with Crippen LogP contribution >= 0.6 is 0 Å². The second-order valence-corrected chi connectivity index (χ2v) is 10.2. The summed E-state index contributed by atoms with van der Waals surface area (Å²) in [6.07, 6.45) is 15.0. The summed E-state index contributed by atoms with van der Waals surface area (Å²) in [5, 5.41) is 4.53. The monoisotopic (exact) mass is 400 g/mol. The van der Waals surface area contributed by atoms with Gasteiger partial charge in [-0.15, -0.1) is 0 Å². The van der Waals surface area contributed by atoms with E-state index in [4.69, 9.17) is 4.74 Å². The fourth-order valence-corrected chi connectivity index (χ4v) is 6.22. The van der Waals surface area contributed by atoms with Gasteiger partial charge in [-0.25, -0.2) is 0 Å². The summed E-state index contributed by atoms with van der Waals surface area (Å²) in [6.45, 7) is 11.1. The van der Waals surface area contributed by atoms with Crippen molar-refractivity contribution in [3.05, 3.63) is 17.5 Å². The van der Waals surface area contributed by atoms with Crippen LogP contribution in [-0.4, -0.2) is 63.5 Å². The molecule has 4 aliphatic rings. The minimum absolute atomic E-state index is 0.388. The first-order chi connectivity index (χ1) is 14.2. The van der Waals surface area contributed by atoms with Crippen molar-refractivity contribution in [1.82, 2.24) is 19.6 Å². The van der Waals surface area contributed by atoms with Crippen molar-refractivity contribution in [3.8, 4) is 0 Å². The van der Waals surface area contributed by atoms with E-state index >= 15 is 0 Å². The maximum Gasteiger partial charge on any atom is 0.0885 e. The molecule has 2 aliphatic carbocycles. The molecular weight excluding hydrogens is 360 g/mol. The Morgan fingerprint density at radius 1 is 1.10 bits per heavy atom. The number of hydrogen-bond donors (Lipinski definition) is 0. The molecular formula is C24H40N4O. The summed E-state index contributed by atoms with van der Waals surface area (Å²) in [4.78, 5) is 5.55. The molecule has 1 spiro atoms. The van der Waals surface area contributed by atoms with Crippen LogP contribution in [-0.2, 0) is 17.8 Å². The highest BCUT2D eigenvalue weighted by Crippen LogP contribution is 2.48. The van der Waals surface area contributed by atoms with Gasteiger partial charge in [0.2, 0.25) is 0 Å². The van der Waals surface area contributed by atoms with Gasteiger partial charge in [-0.3, -0.25) is 14.5 Å². The standard InChI is InChI=1S/C24H40N4O/c1-3-28-19(2)21(15-25-28)16-26-13-9-22(10-14-26)27-17-23(29-18-20-7-8-20)24(27)11-5-4-6-12-24/h15,20,22-23H,3-14,16-18H2,1-2H3. The Labute approximate surface area is 176 Å². The van der Waals surface area contributed by atoms with Gasteiger partial charge in [0.1, 0.15) is 0 Å². The van der Waals surface area contributed by atoms with E-state index in [9.17, 15) is 0 Å². The highest BCUT2D eigenvalue weighted by atomic mass is 16.5. The van der Waals surface area contributed by atoms with Crippen molar-refractivity contribution < 1.29 is 4.74 Å². The van der Waals surface area contributed by atoms with E-state index in [-0.39, 0.29) is 0 Å². The quantitative estimate of drug-likeness (QED) is 0.693.